The number of anilines is 1. The molecule has 0 radical (unpaired) electrons. The molecule has 1 saturated heterocycles. The SMILES string of the molecule is Fc1ncccc1N1CCCCC1. The number of aromatic nitrogens is 1. The van der Waals surface area contributed by atoms with E-state index in [1.54, 1.807) is 12.1 Å². The van der Waals surface area contributed by atoms with E-state index in [0.29, 0.717) is 5.69 Å². The second-order valence-corrected chi connectivity index (χ2v) is 3.36. The van der Waals surface area contributed by atoms with Gasteiger partial charge in [-0.15, -0.1) is 0 Å². The first-order valence-corrected chi connectivity index (χ1v) is 4.73. The van der Waals surface area contributed by atoms with E-state index in [2.05, 4.69) is 9.88 Å². The molecule has 0 spiro atoms. The maximum atomic E-state index is 13.2. The van der Waals surface area contributed by atoms with Crippen LogP contribution in [0.25, 0.3) is 0 Å². The van der Waals surface area contributed by atoms with Crippen molar-refractivity contribution in [3.8, 4) is 0 Å². The highest BCUT2D eigenvalue weighted by molar-refractivity contribution is 5.45. The summed E-state index contributed by atoms with van der Waals surface area (Å²) in [6.07, 6.45) is 5.07. The summed E-state index contributed by atoms with van der Waals surface area (Å²) in [5.41, 5.74) is 0.655. The summed E-state index contributed by atoms with van der Waals surface area (Å²) in [4.78, 5) is 5.72. The van der Waals surface area contributed by atoms with Crippen LogP contribution in [0.1, 0.15) is 19.3 Å². The number of nitrogens with zero attached hydrogens (tertiary/aromatic N) is 2. The van der Waals surface area contributed by atoms with E-state index < -0.39 is 0 Å². The molecule has 3 heteroatoms. The summed E-state index contributed by atoms with van der Waals surface area (Å²) >= 11 is 0. The molecule has 1 aliphatic heterocycles. The van der Waals surface area contributed by atoms with Gasteiger partial charge in [0, 0.05) is 19.3 Å². The molecule has 2 rings (SSSR count). The first-order chi connectivity index (χ1) is 6.38. The van der Waals surface area contributed by atoms with Crippen LogP contribution in [0.4, 0.5) is 10.1 Å². The molecular weight excluding hydrogens is 167 g/mol. The van der Waals surface area contributed by atoms with Crippen LogP contribution >= 0.6 is 0 Å². The van der Waals surface area contributed by atoms with Crippen LogP contribution in [0.15, 0.2) is 18.3 Å². The fraction of sp³-hybridized carbons (Fsp3) is 0.500. The second kappa shape index (κ2) is 3.73. The van der Waals surface area contributed by atoms with Crippen LogP contribution in [0, 0.1) is 5.95 Å². The van der Waals surface area contributed by atoms with Gasteiger partial charge in [-0.25, -0.2) is 4.98 Å². The standard InChI is InChI=1S/C10H13FN2/c11-10-9(5-4-6-12-10)13-7-2-1-3-8-13/h4-6H,1-3,7-8H2. The van der Waals surface area contributed by atoms with Gasteiger partial charge in [0.15, 0.2) is 0 Å². The van der Waals surface area contributed by atoms with E-state index >= 15 is 0 Å². The Bertz CT molecular complexity index is 282. The Kier molecular flexibility index (Phi) is 2.43. The zero-order valence-electron chi connectivity index (χ0n) is 7.54. The minimum Gasteiger partial charge on any atom is -0.368 e. The molecule has 2 nitrogen and oxygen atoms in total. The molecule has 2 heterocycles. The monoisotopic (exact) mass is 180 g/mol. The first kappa shape index (κ1) is 8.48. The molecular formula is C10H13FN2. The highest BCUT2D eigenvalue weighted by Crippen LogP contribution is 2.20. The predicted molar refractivity (Wildman–Crippen MR) is 50.3 cm³/mol. The molecule has 0 aliphatic carbocycles. The lowest BCUT2D eigenvalue weighted by Gasteiger charge is -2.28. The van der Waals surface area contributed by atoms with E-state index in [9.17, 15) is 4.39 Å². The normalized spacial score (nSPS) is 17.5. The molecule has 0 unspecified atom stereocenters. The molecule has 0 N–H and O–H groups in total. The lowest BCUT2D eigenvalue weighted by atomic mass is 10.1. The number of hydrogen-bond donors (Lipinski definition) is 0. The summed E-state index contributed by atoms with van der Waals surface area (Å²) in [6.45, 7) is 1.92. The van der Waals surface area contributed by atoms with Crippen molar-refractivity contribution in [2.45, 2.75) is 19.3 Å². The van der Waals surface area contributed by atoms with Gasteiger partial charge >= 0.3 is 0 Å². The van der Waals surface area contributed by atoms with Crippen LogP contribution in [0.5, 0.6) is 0 Å². The quantitative estimate of drug-likeness (QED) is 0.616. The molecule has 70 valence electrons. The number of hydrogen-bond acceptors (Lipinski definition) is 2. The Hall–Kier alpha value is -1.12. The van der Waals surface area contributed by atoms with Gasteiger partial charge in [0.2, 0.25) is 5.95 Å². The van der Waals surface area contributed by atoms with Gasteiger partial charge < -0.3 is 4.90 Å². The first-order valence-electron chi connectivity index (χ1n) is 4.73. The van der Waals surface area contributed by atoms with Gasteiger partial charge in [-0.1, -0.05) is 0 Å². The topological polar surface area (TPSA) is 16.1 Å². The average Bonchev–Trinajstić information content (AvgIpc) is 2.20. The van der Waals surface area contributed by atoms with Crippen molar-refractivity contribution in [2.24, 2.45) is 0 Å². The zero-order valence-corrected chi connectivity index (χ0v) is 7.54. The van der Waals surface area contributed by atoms with E-state index in [1.807, 2.05) is 0 Å². The molecule has 1 aromatic heterocycles. The van der Waals surface area contributed by atoms with E-state index in [-0.39, 0.29) is 5.95 Å². The third-order valence-corrected chi connectivity index (χ3v) is 2.44. The highest BCUT2D eigenvalue weighted by atomic mass is 19.1. The number of piperidine rings is 1. The Balaban J connectivity index is 2.18. The van der Waals surface area contributed by atoms with Gasteiger partial charge in [0.1, 0.15) is 0 Å². The largest absolute Gasteiger partial charge is 0.368 e. The lowest BCUT2D eigenvalue weighted by Crippen LogP contribution is -2.30. The van der Waals surface area contributed by atoms with Gasteiger partial charge in [0.25, 0.3) is 0 Å². The third-order valence-electron chi connectivity index (χ3n) is 2.44. The molecule has 1 fully saturated rings. The maximum Gasteiger partial charge on any atom is 0.236 e. The Labute approximate surface area is 77.4 Å². The number of pyridine rings is 1. The minimum atomic E-state index is -0.343. The second-order valence-electron chi connectivity index (χ2n) is 3.36. The molecule has 0 saturated carbocycles. The Morgan fingerprint density at radius 3 is 2.69 bits per heavy atom. The van der Waals surface area contributed by atoms with Crippen LogP contribution in [0.2, 0.25) is 0 Å². The number of rotatable bonds is 1. The van der Waals surface area contributed by atoms with Gasteiger partial charge in [-0.05, 0) is 31.4 Å². The number of halogens is 1. The van der Waals surface area contributed by atoms with Crippen molar-refractivity contribution >= 4 is 5.69 Å². The van der Waals surface area contributed by atoms with Gasteiger partial charge in [-0.3, -0.25) is 0 Å². The molecule has 0 bridgehead atoms. The maximum absolute atomic E-state index is 13.2. The smallest absolute Gasteiger partial charge is 0.236 e. The fourth-order valence-corrected chi connectivity index (χ4v) is 1.75. The average molecular weight is 180 g/mol. The fourth-order valence-electron chi connectivity index (χ4n) is 1.75. The van der Waals surface area contributed by atoms with Crippen LogP contribution in [0.3, 0.4) is 0 Å². The van der Waals surface area contributed by atoms with Crippen LogP contribution < -0.4 is 4.90 Å². The zero-order chi connectivity index (χ0) is 9.10. The molecule has 13 heavy (non-hydrogen) atoms. The van der Waals surface area contributed by atoms with Gasteiger partial charge in [0.05, 0.1) is 5.69 Å². The van der Waals surface area contributed by atoms with Crippen LogP contribution in [-0.4, -0.2) is 18.1 Å². The third kappa shape index (κ3) is 1.79. The van der Waals surface area contributed by atoms with Crippen LogP contribution in [-0.2, 0) is 0 Å². The lowest BCUT2D eigenvalue weighted by molar-refractivity contribution is 0.541. The summed E-state index contributed by atoms with van der Waals surface area (Å²) in [5, 5.41) is 0. The molecule has 0 amide bonds. The summed E-state index contributed by atoms with van der Waals surface area (Å²) < 4.78 is 13.2. The van der Waals surface area contributed by atoms with Crippen molar-refractivity contribution in [3.63, 3.8) is 0 Å². The molecule has 1 aliphatic rings. The van der Waals surface area contributed by atoms with Crippen molar-refractivity contribution in [2.75, 3.05) is 18.0 Å². The van der Waals surface area contributed by atoms with Crippen molar-refractivity contribution in [3.05, 3.63) is 24.3 Å². The van der Waals surface area contributed by atoms with E-state index in [0.717, 1.165) is 25.9 Å². The summed E-state index contributed by atoms with van der Waals surface area (Å²) in [7, 11) is 0. The molecule has 1 aromatic rings. The van der Waals surface area contributed by atoms with Crippen molar-refractivity contribution < 1.29 is 4.39 Å². The van der Waals surface area contributed by atoms with E-state index in [1.165, 1.54) is 12.6 Å². The predicted octanol–water partition coefficient (Wildman–Crippen LogP) is 2.21. The highest BCUT2D eigenvalue weighted by Gasteiger charge is 2.14. The Morgan fingerprint density at radius 2 is 2.00 bits per heavy atom. The molecule has 0 aromatic carbocycles. The summed E-state index contributed by atoms with van der Waals surface area (Å²) in [6, 6.07) is 3.58. The Morgan fingerprint density at radius 1 is 1.23 bits per heavy atom. The molecule has 0 atom stereocenters. The van der Waals surface area contributed by atoms with E-state index in [4.69, 9.17) is 0 Å². The van der Waals surface area contributed by atoms with Crippen molar-refractivity contribution in [1.82, 2.24) is 4.98 Å². The minimum absolute atomic E-state index is 0.343. The summed E-state index contributed by atoms with van der Waals surface area (Å²) in [5.74, 6) is -0.343. The van der Waals surface area contributed by atoms with Gasteiger partial charge in [-0.2, -0.15) is 4.39 Å². The van der Waals surface area contributed by atoms with Crippen molar-refractivity contribution in [1.29, 1.82) is 0 Å².